The fourth-order valence-corrected chi connectivity index (χ4v) is 7.30. The molecule has 58 heavy (non-hydrogen) atoms. The van der Waals surface area contributed by atoms with Crippen LogP contribution in [-0.2, 0) is 9.59 Å². The van der Waals surface area contributed by atoms with Crippen LogP contribution in [-0.4, -0.2) is 42.7 Å². The molecule has 0 aliphatic carbocycles. The van der Waals surface area contributed by atoms with Crippen molar-refractivity contribution in [1.29, 1.82) is 0 Å². The summed E-state index contributed by atoms with van der Waals surface area (Å²) in [6, 6.07) is 43.0. The summed E-state index contributed by atoms with van der Waals surface area (Å²) in [7, 11) is 0. The first-order valence-corrected chi connectivity index (χ1v) is 19.1. The highest BCUT2D eigenvalue weighted by Gasteiger charge is 2.24. The highest BCUT2D eigenvalue weighted by molar-refractivity contribution is 7.80. The van der Waals surface area contributed by atoms with E-state index in [-0.39, 0.29) is 33.7 Å². The number of esters is 3. The van der Waals surface area contributed by atoms with Gasteiger partial charge in [0.15, 0.2) is 11.6 Å². The van der Waals surface area contributed by atoms with Crippen LogP contribution >= 0.6 is 23.6 Å². The maximum absolute atomic E-state index is 13.6. The molecule has 0 saturated heterocycles. The van der Waals surface area contributed by atoms with Crippen LogP contribution in [0.4, 0.5) is 0 Å². The number of hydrogen-bond acceptors (Lipinski definition) is 12. The molecule has 0 spiro atoms. The van der Waals surface area contributed by atoms with Gasteiger partial charge in [-0.1, -0.05) is 60.7 Å². The maximum atomic E-state index is 13.6. The average molecular weight is 803 g/mol. The Bertz CT molecular complexity index is 2830. The van der Waals surface area contributed by atoms with Crippen molar-refractivity contribution in [3.05, 3.63) is 157 Å². The lowest BCUT2D eigenvalue weighted by molar-refractivity contribution is -0.132. The van der Waals surface area contributed by atoms with Gasteiger partial charge in [-0.25, -0.2) is 19.4 Å². The molecule has 0 N–H and O–H groups in total. The van der Waals surface area contributed by atoms with Crippen molar-refractivity contribution >= 4 is 56.7 Å². The summed E-state index contributed by atoms with van der Waals surface area (Å²) < 4.78 is 25.7. The molecule has 0 fully saturated rings. The second-order valence-corrected chi connectivity index (χ2v) is 14.1. The number of para-hydroxylation sites is 5. The van der Waals surface area contributed by atoms with Gasteiger partial charge in [0, 0.05) is 19.4 Å². The van der Waals surface area contributed by atoms with Crippen molar-refractivity contribution in [2.45, 2.75) is 13.8 Å². The third-order valence-corrected chi connectivity index (χ3v) is 10.0. The molecule has 0 aliphatic heterocycles. The van der Waals surface area contributed by atoms with E-state index in [1.54, 1.807) is 94.9 Å². The van der Waals surface area contributed by atoms with Gasteiger partial charge in [0.2, 0.25) is 5.05 Å². The third-order valence-electron chi connectivity index (χ3n) is 8.64. The van der Waals surface area contributed by atoms with Crippen LogP contribution < -0.4 is 18.9 Å². The quantitative estimate of drug-likeness (QED) is 0.0744. The lowest BCUT2D eigenvalue weighted by Crippen LogP contribution is -2.13. The molecular formula is C45H30N4O7S2. The number of carbonyl (C=O) groups is 3. The van der Waals surface area contributed by atoms with Crippen LogP contribution in [0.15, 0.2) is 146 Å². The Balaban J connectivity index is 1.21. The van der Waals surface area contributed by atoms with E-state index in [9.17, 15) is 14.4 Å². The van der Waals surface area contributed by atoms with Gasteiger partial charge in [-0.05, 0) is 97.1 Å². The van der Waals surface area contributed by atoms with E-state index in [0.717, 1.165) is 20.8 Å². The molecule has 284 valence electrons. The third kappa shape index (κ3) is 7.98. The average Bonchev–Trinajstić information content (AvgIpc) is 3.87. The predicted octanol–water partition coefficient (Wildman–Crippen LogP) is 9.70. The Labute approximate surface area is 341 Å². The first-order valence-electron chi connectivity index (χ1n) is 17.8. The summed E-state index contributed by atoms with van der Waals surface area (Å²) in [5, 5.41) is 5.93. The number of fused-ring (bicyclic) bond motifs is 1. The van der Waals surface area contributed by atoms with Crippen molar-refractivity contribution in [3.63, 3.8) is 0 Å². The number of thiazole rings is 1. The minimum atomic E-state index is -0.739. The zero-order valence-electron chi connectivity index (χ0n) is 30.8. The van der Waals surface area contributed by atoms with E-state index in [1.807, 2.05) is 54.6 Å². The van der Waals surface area contributed by atoms with Crippen molar-refractivity contribution in [3.8, 4) is 62.0 Å². The topological polar surface area (TPSA) is 132 Å². The van der Waals surface area contributed by atoms with E-state index in [0.29, 0.717) is 34.0 Å². The predicted molar refractivity (Wildman–Crippen MR) is 224 cm³/mol. The lowest BCUT2D eigenvalue weighted by atomic mass is 10.1. The number of hydrogen-bond donors (Lipinski definition) is 0. The fourth-order valence-electron chi connectivity index (χ4n) is 6.07. The molecule has 2 heterocycles. The van der Waals surface area contributed by atoms with E-state index in [1.165, 1.54) is 26.0 Å². The minimum Gasteiger partial charge on any atom is -0.444 e. The molecule has 11 nitrogen and oxygen atoms in total. The van der Waals surface area contributed by atoms with Gasteiger partial charge in [0.1, 0.15) is 33.6 Å². The Hall–Kier alpha value is -7.35. The summed E-state index contributed by atoms with van der Waals surface area (Å²) >= 11 is 7.30. The normalized spacial score (nSPS) is 10.9. The van der Waals surface area contributed by atoms with Gasteiger partial charge in [-0.3, -0.25) is 9.59 Å². The van der Waals surface area contributed by atoms with Gasteiger partial charge >= 0.3 is 17.9 Å². The van der Waals surface area contributed by atoms with Gasteiger partial charge in [-0.2, -0.15) is 0 Å². The molecule has 0 atom stereocenters. The standard InChI is InChI=1S/C45H30N4O7S2/c1-27(50)53-38-20-10-5-15-33(38)44(52)55-37-19-9-4-14-32(37)42-47-41(31-13-3-8-18-36(31)56-45(57)34-16-6-11-21-39(34)54-28(2)51)48-49(42)30-25-23-29(24-26-30)43-46-35-17-7-12-22-40(35)58-43/h3-26H,1-2H3. The molecule has 0 radical (unpaired) electrons. The van der Waals surface area contributed by atoms with E-state index < -0.39 is 17.9 Å². The molecular weight excluding hydrogens is 773 g/mol. The SMILES string of the molecule is CC(=O)Oc1ccccc1C(=O)Oc1ccccc1-c1nc(-c2ccccc2OC(=S)c2ccccc2OC(C)=O)nn1-c1ccc(-c2nc3ccccc3s2)cc1. The molecule has 0 saturated carbocycles. The first kappa shape index (κ1) is 37.6. The number of thiocarbonyl (C=S) groups is 1. The Morgan fingerprint density at radius 1 is 0.569 bits per heavy atom. The van der Waals surface area contributed by atoms with Crippen molar-refractivity contribution < 1.29 is 33.3 Å². The zero-order chi connectivity index (χ0) is 40.2. The summed E-state index contributed by atoms with van der Waals surface area (Å²) in [6.07, 6.45) is 0. The number of carbonyl (C=O) groups excluding carboxylic acids is 3. The lowest BCUT2D eigenvalue weighted by Gasteiger charge is -2.13. The molecule has 0 amide bonds. The molecule has 2 aromatic heterocycles. The monoisotopic (exact) mass is 802 g/mol. The number of aromatic nitrogens is 4. The van der Waals surface area contributed by atoms with Crippen LogP contribution in [0.1, 0.15) is 29.8 Å². The highest BCUT2D eigenvalue weighted by atomic mass is 32.1. The van der Waals surface area contributed by atoms with Crippen LogP contribution in [0, 0.1) is 0 Å². The molecule has 6 aromatic carbocycles. The fraction of sp³-hybridized carbons (Fsp3) is 0.0444. The zero-order valence-corrected chi connectivity index (χ0v) is 32.5. The second-order valence-electron chi connectivity index (χ2n) is 12.7. The van der Waals surface area contributed by atoms with Crippen molar-refractivity contribution in [2.75, 3.05) is 0 Å². The Morgan fingerprint density at radius 3 is 1.79 bits per heavy atom. The summed E-state index contributed by atoms with van der Waals surface area (Å²) in [5.74, 6) is -0.322. The highest BCUT2D eigenvalue weighted by Crippen LogP contribution is 2.37. The summed E-state index contributed by atoms with van der Waals surface area (Å²) in [6.45, 7) is 2.57. The molecule has 8 rings (SSSR count). The molecule has 0 unspecified atom stereocenters. The Morgan fingerprint density at radius 2 is 1.12 bits per heavy atom. The van der Waals surface area contributed by atoms with E-state index >= 15 is 0 Å². The summed E-state index contributed by atoms with van der Waals surface area (Å²) in [4.78, 5) is 47.1. The van der Waals surface area contributed by atoms with E-state index in [2.05, 4.69) is 0 Å². The van der Waals surface area contributed by atoms with Gasteiger partial charge in [-0.15, -0.1) is 16.4 Å². The molecule has 0 aliphatic rings. The number of benzene rings is 6. The summed E-state index contributed by atoms with van der Waals surface area (Å²) in [5.41, 5.74) is 3.94. The molecule has 0 bridgehead atoms. The van der Waals surface area contributed by atoms with Crippen LogP contribution in [0.2, 0.25) is 0 Å². The van der Waals surface area contributed by atoms with Crippen molar-refractivity contribution in [2.24, 2.45) is 0 Å². The van der Waals surface area contributed by atoms with Gasteiger partial charge in [0.05, 0.1) is 32.6 Å². The maximum Gasteiger partial charge on any atom is 0.347 e. The van der Waals surface area contributed by atoms with Gasteiger partial charge < -0.3 is 18.9 Å². The number of ether oxygens (including phenoxy) is 4. The van der Waals surface area contributed by atoms with Gasteiger partial charge in [0.25, 0.3) is 0 Å². The minimum absolute atomic E-state index is 0.0671. The van der Waals surface area contributed by atoms with Crippen LogP contribution in [0.25, 0.3) is 49.3 Å². The second kappa shape index (κ2) is 16.4. The van der Waals surface area contributed by atoms with E-state index in [4.69, 9.17) is 46.2 Å². The number of nitrogens with zero attached hydrogens (tertiary/aromatic N) is 4. The van der Waals surface area contributed by atoms with Crippen LogP contribution in [0.5, 0.6) is 23.0 Å². The molecule has 8 aromatic rings. The Kier molecular flexibility index (Phi) is 10.6. The first-order chi connectivity index (χ1) is 28.2. The number of rotatable bonds is 10. The smallest absolute Gasteiger partial charge is 0.347 e. The van der Waals surface area contributed by atoms with Crippen LogP contribution in [0.3, 0.4) is 0 Å². The largest absolute Gasteiger partial charge is 0.444 e. The van der Waals surface area contributed by atoms with Crippen molar-refractivity contribution in [1.82, 2.24) is 19.7 Å². The molecule has 13 heteroatoms.